The summed E-state index contributed by atoms with van der Waals surface area (Å²) in [7, 11) is -1.49. The number of rotatable bonds is 7. The molecule has 2 aliphatic rings. The Labute approximate surface area is 198 Å². The van der Waals surface area contributed by atoms with Crippen molar-refractivity contribution >= 4 is 39.8 Å². The van der Waals surface area contributed by atoms with Crippen molar-refractivity contribution in [2.24, 2.45) is 4.99 Å². The van der Waals surface area contributed by atoms with Crippen LogP contribution in [0.25, 0.3) is 0 Å². The molecule has 2 aliphatic heterocycles. The number of hydrogen-bond donors (Lipinski definition) is 2. The number of likely N-dealkylation sites (tertiary alicyclic amines) is 1. The van der Waals surface area contributed by atoms with Gasteiger partial charge in [0.15, 0.2) is 15.8 Å². The highest BCUT2D eigenvalue weighted by Gasteiger charge is 2.42. The van der Waals surface area contributed by atoms with Gasteiger partial charge in [0.05, 0.1) is 10.8 Å². The number of aliphatic imine (C=N–C) groups is 1. The fourth-order valence-corrected chi connectivity index (χ4v) is 5.51. The first-order chi connectivity index (χ1) is 14.0. The van der Waals surface area contributed by atoms with Gasteiger partial charge in [-0.25, -0.2) is 8.42 Å². The van der Waals surface area contributed by atoms with Gasteiger partial charge in [-0.05, 0) is 44.3 Å². The SMILES string of the molecule is CN=C(NCC(c1ccccc1)N1CCCC1)NCC1(S(C)(=O)=O)CCOCC1.I. The third-order valence-electron chi connectivity index (χ3n) is 6.22. The Hall–Kier alpha value is -0.910. The van der Waals surface area contributed by atoms with E-state index in [1.807, 2.05) is 6.07 Å². The fourth-order valence-electron chi connectivity index (χ4n) is 4.27. The van der Waals surface area contributed by atoms with E-state index in [1.165, 1.54) is 24.7 Å². The van der Waals surface area contributed by atoms with Crippen molar-refractivity contribution in [3.8, 4) is 0 Å². The highest BCUT2D eigenvalue weighted by molar-refractivity contribution is 14.0. The van der Waals surface area contributed by atoms with E-state index in [4.69, 9.17) is 4.74 Å². The van der Waals surface area contributed by atoms with E-state index < -0.39 is 14.6 Å². The van der Waals surface area contributed by atoms with Gasteiger partial charge in [-0.2, -0.15) is 0 Å². The van der Waals surface area contributed by atoms with Gasteiger partial charge in [-0.1, -0.05) is 30.3 Å². The zero-order valence-electron chi connectivity index (χ0n) is 18.0. The molecule has 0 spiro atoms. The molecule has 2 saturated heterocycles. The predicted octanol–water partition coefficient (Wildman–Crippen LogP) is 2.20. The molecule has 0 aliphatic carbocycles. The van der Waals surface area contributed by atoms with Gasteiger partial charge in [0, 0.05) is 39.6 Å². The van der Waals surface area contributed by atoms with Crippen LogP contribution in [-0.4, -0.2) is 76.7 Å². The summed E-state index contributed by atoms with van der Waals surface area (Å²) in [6.45, 7) is 4.22. The molecule has 170 valence electrons. The first kappa shape index (κ1) is 25.4. The topological polar surface area (TPSA) is 83.0 Å². The van der Waals surface area contributed by atoms with Gasteiger partial charge in [0.2, 0.25) is 0 Å². The average molecular weight is 551 g/mol. The lowest BCUT2D eigenvalue weighted by atomic mass is 9.99. The summed E-state index contributed by atoms with van der Waals surface area (Å²) >= 11 is 0. The molecular weight excluding hydrogens is 515 g/mol. The van der Waals surface area contributed by atoms with E-state index in [-0.39, 0.29) is 30.0 Å². The second-order valence-corrected chi connectivity index (χ2v) is 10.5. The van der Waals surface area contributed by atoms with Gasteiger partial charge >= 0.3 is 0 Å². The van der Waals surface area contributed by atoms with Crippen LogP contribution in [0.15, 0.2) is 35.3 Å². The second-order valence-electron chi connectivity index (χ2n) is 8.04. The molecule has 1 aromatic rings. The number of benzene rings is 1. The summed E-state index contributed by atoms with van der Waals surface area (Å²) < 4.78 is 29.5. The average Bonchev–Trinajstić information content (AvgIpc) is 3.25. The Kier molecular flexibility index (Phi) is 9.83. The maximum absolute atomic E-state index is 12.5. The minimum Gasteiger partial charge on any atom is -0.381 e. The number of ether oxygens (including phenoxy) is 1. The molecule has 1 unspecified atom stereocenters. The minimum atomic E-state index is -3.21. The van der Waals surface area contributed by atoms with Crippen LogP contribution in [-0.2, 0) is 14.6 Å². The Morgan fingerprint density at radius 1 is 1.17 bits per heavy atom. The summed E-state index contributed by atoms with van der Waals surface area (Å²) in [4.78, 5) is 6.83. The van der Waals surface area contributed by atoms with Crippen molar-refractivity contribution in [3.63, 3.8) is 0 Å². The van der Waals surface area contributed by atoms with Crippen LogP contribution in [0.2, 0.25) is 0 Å². The highest BCUT2D eigenvalue weighted by atomic mass is 127. The highest BCUT2D eigenvalue weighted by Crippen LogP contribution is 2.28. The van der Waals surface area contributed by atoms with E-state index in [9.17, 15) is 8.42 Å². The predicted molar refractivity (Wildman–Crippen MR) is 132 cm³/mol. The normalized spacial score (nSPS) is 20.9. The Morgan fingerprint density at radius 2 is 1.80 bits per heavy atom. The maximum Gasteiger partial charge on any atom is 0.191 e. The number of hydrogen-bond acceptors (Lipinski definition) is 5. The standard InChI is InChI=1S/C21H34N4O3S.HI/c1-22-20(24-17-21(29(2,26)27)10-14-28-15-11-21)23-16-19(25-12-6-7-13-25)18-8-4-3-5-9-18;/h3-5,8-9,19H,6-7,10-17H2,1-2H3,(H2,22,23,24);1H. The van der Waals surface area contributed by atoms with E-state index in [2.05, 4.69) is 44.8 Å². The number of nitrogens with zero attached hydrogens (tertiary/aromatic N) is 2. The van der Waals surface area contributed by atoms with Crippen LogP contribution in [0.5, 0.6) is 0 Å². The molecule has 9 heteroatoms. The van der Waals surface area contributed by atoms with E-state index in [1.54, 1.807) is 7.05 Å². The number of halogens is 1. The zero-order valence-corrected chi connectivity index (χ0v) is 21.1. The van der Waals surface area contributed by atoms with E-state index >= 15 is 0 Å². The molecule has 2 N–H and O–H groups in total. The van der Waals surface area contributed by atoms with Crippen LogP contribution >= 0.6 is 24.0 Å². The van der Waals surface area contributed by atoms with Gasteiger partial charge in [0.1, 0.15) is 0 Å². The van der Waals surface area contributed by atoms with Crippen molar-refractivity contribution in [1.82, 2.24) is 15.5 Å². The van der Waals surface area contributed by atoms with Crippen LogP contribution < -0.4 is 10.6 Å². The maximum atomic E-state index is 12.5. The Balaban J connectivity index is 0.00000320. The van der Waals surface area contributed by atoms with E-state index in [0.717, 1.165) is 19.6 Å². The van der Waals surface area contributed by atoms with Crippen LogP contribution in [0.3, 0.4) is 0 Å². The zero-order chi connectivity index (χ0) is 20.7. The number of sulfone groups is 1. The summed E-state index contributed by atoms with van der Waals surface area (Å²) in [5.41, 5.74) is 1.29. The first-order valence-electron chi connectivity index (χ1n) is 10.5. The Bertz CT molecular complexity index is 777. The molecule has 0 amide bonds. The monoisotopic (exact) mass is 550 g/mol. The first-order valence-corrected chi connectivity index (χ1v) is 12.4. The minimum absolute atomic E-state index is 0. The van der Waals surface area contributed by atoms with Gasteiger partial charge in [-0.15, -0.1) is 24.0 Å². The summed E-state index contributed by atoms with van der Waals surface area (Å²) in [5.74, 6) is 0.639. The largest absolute Gasteiger partial charge is 0.381 e. The van der Waals surface area contributed by atoms with Gasteiger partial charge in [-0.3, -0.25) is 9.89 Å². The lowest BCUT2D eigenvalue weighted by Gasteiger charge is -2.36. The van der Waals surface area contributed by atoms with Crippen LogP contribution in [0, 0.1) is 0 Å². The molecule has 0 bridgehead atoms. The summed E-state index contributed by atoms with van der Waals surface area (Å²) in [5, 5.41) is 6.69. The molecular formula is C21H35IN4O3S. The molecule has 0 aromatic heterocycles. The molecule has 30 heavy (non-hydrogen) atoms. The molecule has 0 radical (unpaired) electrons. The molecule has 1 atom stereocenters. The summed E-state index contributed by atoms with van der Waals surface area (Å²) in [6, 6.07) is 10.8. The van der Waals surface area contributed by atoms with Gasteiger partial charge < -0.3 is 15.4 Å². The smallest absolute Gasteiger partial charge is 0.191 e. The van der Waals surface area contributed by atoms with Gasteiger partial charge in [0.25, 0.3) is 0 Å². The molecule has 3 rings (SSSR count). The molecule has 1 aromatic carbocycles. The molecule has 0 saturated carbocycles. The molecule has 2 heterocycles. The third kappa shape index (κ3) is 6.30. The third-order valence-corrected chi connectivity index (χ3v) is 8.35. The fraction of sp³-hybridized carbons (Fsp3) is 0.667. The van der Waals surface area contributed by atoms with Crippen molar-refractivity contribution in [1.29, 1.82) is 0 Å². The second kappa shape index (κ2) is 11.6. The lowest BCUT2D eigenvalue weighted by molar-refractivity contribution is 0.0756. The number of nitrogens with one attached hydrogen (secondary N) is 2. The van der Waals surface area contributed by atoms with E-state index in [0.29, 0.717) is 38.6 Å². The van der Waals surface area contributed by atoms with Crippen molar-refractivity contribution < 1.29 is 13.2 Å². The van der Waals surface area contributed by atoms with Crippen molar-refractivity contribution in [3.05, 3.63) is 35.9 Å². The van der Waals surface area contributed by atoms with Crippen LogP contribution in [0.1, 0.15) is 37.3 Å². The summed E-state index contributed by atoms with van der Waals surface area (Å²) in [6.07, 6.45) is 4.81. The molecule has 7 nitrogen and oxygen atoms in total. The van der Waals surface area contributed by atoms with Crippen molar-refractivity contribution in [2.45, 2.75) is 36.5 Å². The number of guanidine groups is 1. The molecule has 2 fully saturated rings. The van der Waals surface area contributed by atoms with Crippen LogP contribution in [0.4, 0.5) is 0 Å². The van der Waals surface area contributed by atoms with Crippen molar-refractivity contribution in [2.75, 3.05) is 52.7 Å². The lowest BCUT2D eigenvalue weighted by Crippen LogP contribution is -2.54. The quantitative estimate of drug-likeness (QED) is 0.308. The Morgan fingerprint density at radius 3 is 2.37 bits per heavy atom.